The third-order valence-corrected chi connectivity index (χ3v) is 1.58. The highest BCUT2D eigenvalue weighted by Crippen LogP contribution is 1.85. The molecule has 0 aromatic rings. The van der Waals surface area contributed by atoms with Gasteiger partial charge in [0.15, 0.2) is 6.29 Å². The lowest BCUT2D eigenvalue weighted by Gasteiger charge is -2.21. The number of carbonyl (C=O) groups excluding carboxylic acids is 1. The van der Waals surface area contributed by atoms with Gasteiger partial charge in [0.1, 0.15) is 5.54 Å². The van der Waals surface area contributed by atoms with Crippen molar-refractivity contribution in [3.8, 4) is 0 Å². The number of hydrogen-bond acceptors (Lipinski definition) is 1. The molecule has 0 fully saturated rings. The average Bonchev–Trinajstić information content (AvgIpc) is 1.67. The fraction of sp³-hybridized carbons (Fsp3) is 0.833. The number of quaternary nitrogens is 1. The molecule has 0 aliphatic heterocycles. The Morgan fingerprint density at radius 1 is 1.38 bits per heavy atom. The van der Waals surface area contributed by atoms with E-state index in [0.717, 1.165) is 11.2 Å². The second-order valence-electron chi connectivity index (χ2n) is 2.84. The standard InChI is InChI=1S/C6H13NO/c1-6(2,5-8)7(3)4/h5H,1-4H3/p+1. The molecule has 0 atom stereocenters. The van der Waals surface area contributed by atoms with Gasteiger partial charge in [0.25, 0.3) is 0 Å². The Balaban J connectivity index is 3.90. The van der Waals surface area contributed by atoms with Gasteiger partial charge in [-0.25, -0.2) is 0 Å². The fourth-order valence-electron chi connectivity index (χ4n) is 0.118. The van der Waals surface area contributed by atoms with Gasteiger partial charge in [0.05, 0.1) is 14.1 Å². The zero-order valence-electron chi connectivity index (χ0n) is 5.99. The second-order valence-corrected chi connectivity index (χ2v) is 2.84. The van der Waals surface area contributed by atoms with Crippen LogP contribution in [0.15, 0.2) is 0 Å². The first-order chi connectivity index (χ1) is 3.50. The predicted octanol–water partition coefficient (Wildman–Crippen LogP) is -0.892. The summed E-state index contributed by atoms with van der Waals surface area (Å²) < 4.78 is 0. The van der Waals surface area contributed by atoms with Crippen molar-refractivity contribution in [3.63, 3.8) is 0 Å². The largest absolute Gasteiger partial charge is 0.329 e. The maximum absolute atomic E-state index is 10.2. The van der Waals surface area contributed by atoms with Crippen molar-refractivity contribution in [2.75, 3.05) is 14.1 Å². The summed E-state index contributed by atoms with van der Waals surface area (Å²) in [7, 11) is 3.93. The van der Waals surface area contributed by atoms with Crippen LogP contribution in [0.2, 0.25) is 0 Å². The maximum Gasteiger partial charge on any atom is 0.179 e. The fourth-order valence-corrected chi connectivity index (χ4v) is 0.118. The minimum Gasteiger partial charge on any atom is -0.329 e. The van der Waals surface area contributed by atoms with Gasteiger partial charge < -0.3 is 4.90 Å². The second kappa shape index (κ2) is 2.27. The first-order valence-corrected chi connectivity index (χ1v) is 2.77. The van der Waals surface area contributed by atoms with Gasteiger partial charge in [-0.15, -0.1) is 0 Å². The van der Waals surface area contributed by atoms with Crippen LogP contribution in [0, 0.1) is 0 Å². The van der Waals surface area contributed by atoms with Gasteiger partial charge in [-0.05, 0) is 13.8 Å². The third-order valence-electron chi connectivity index (χ3n) is 1.58. The molecule has 0 radical (unpaired) electrons. The van der Waals surface area contributed by atoms with E-state index in [9.17, 15) is 4.79 Å². The molecule has 0 saturated carbocycles. The molecule has 0 spiro atoms. The summed E-state index contributed by atoms with van der Waals surface area (Å²) in [4.78, 5) is 11.4. The van der Waals surface area contributed by atoms with Gasteiger partial charge in [0, 0.05) is 0 Å². The quantitative estimate of drug-likeness (QED) is 0.464. The molecule has 0 bridgehead atoms. The van der Waals surface area contributed by atoms with Crippen LogP contribution in [0.4, 0.5) is 0 Å². The molecule has 0 amide bonds. The van der Waals surface area contributed by atoms with E-state index >= 15 is 0 Å². The van der Waals surface area contributed by atoms with Crippen molar-refractivity contribution < 1.29 is 9.69 Å². The van der Waals surface area contributed by atoms with Crippen LogP contribution < -0.4 is 4.90 Å². The van der Waals surface area contributed by atoms with Crippen LogP contribution in [-0.4, -0.2) is 25.9 Å². The Morgan fingerprint density at radius 3 is 1.75 bits per heavy atom. The number of carbonyl (C=O) groups is 1. The van der Waals surface area contributed by atoms with Gasteiger partial charge in [0.2, 0.25) is 0 Å². The number of aldehydes is 1. The van der Waals surface area contributed by atoms with Crippen molar-refractivity contribution in [2.45, 2.75) is 19.4 Å². The minimum absolute atomic E-state index is 0.222. The molecule has 0 rings (SSSR count). The Bertz CT molecular complexity index is 86.5. The molecule has 0 saturated heterocycles. The van der Waals surface area contributed by atoms with E-state index in [1.807, 2.05) is 27.9 Å². The van der Waals surface area contributed by atoms with E-state index in [0.29, 0.717) is 0 Å². The summed E-state index contributed by atoms with van der Waals surface area (Å²) in [6, 6.07) is 0. The van der Waals surface area contributed by atoms with Gasteiger partial charge in [-0.3, -0.25) is 4.79 Å². The van der Waals surface area contributed by atoms with Crippen molar-refractivity contribution in [3.05, 3.63) is 0 Å². The molecule has 8 heavy (non-hydrogen) atoms. The van der Waals surface area contributed by atoms with Crippen LogP contribution in [0.5, 0.6) is 0 Å². The highest BCUT2D eigenvalue weighted by atomic mass is 16.1. The van der Waals surface area contributed by atoms with E-state index in [-0.39, 0.29) is 5.54 Å². The SMILES string of the molecule is C[NH+](C)C(C)(C)C=O. The van der Waals surface area contributed by atoms with Gasteiger partial charge >= 0.3 is 0 Å². The summed E-state index contributed by atoms with van der Waals surface area (Å²) in [6.45, 7) is 3.82. The van der Waals surface area contributed by atoms with Gasteiger partial charge in [-0.2, -0.15) is 0 Å². The lowest BCUT2D eigenvalue weighted by atomic mass is 10.1. The molecule has 0 heterocycles. The van der Waals surface area contributed by atoms with Crippen molar-refractivity contribution >= 4 is 6.29 Å². The summed E-state index contributed by atoms with van der Waals surface area (Å²) in [5, 5.41) is 0. The molecule has 1 N–H and O–H groups in total. The molecule has 2 nitrogen and oxygen atoms in total. The van der Waals surface area contributed by atoms with Crippen LogP contribution >= 0.6 is 0 Å². The lowest BCUT2D eigenvalue weighted by Crippen LogP contribution is -3.14. The number of rotatable bonds is 2. The Hall–Kier alpha value is -0.370. The zero-order valence-corrected chi connectivity index (χ0v) is 5.99. The van der Waals surface area contributed by atoms with E-state index < -0.39 is 0 Å². The lowest BCUT2D eigenvalue weighted by molar-refractivity contribution is -0.898. The third kappa shape index (κ3) is 1.62. The molecule has 0 unspecified atom stereocenters. The van der Waals surface area contributed by atoms with Crippen LogP contribution in [0.25, 0.3) is 0 Å². The van der Waals surface area contributed by atoms with E-state index in [2.05, 4.69) is 0 Å². The number of likely N-dealkylation sites (N-methyl/N-ethyl adjacent to an activating group) is 1. The molecular weight excluding hydrogens is 102 g/mol. The molecule has 2 heteroatoms. The summed E-state index contributed by atoms with van der Waals surface area (Å²) in [6.07, 6.45) is 0.975. The van der Waals surface area contributed by atoms with Gasteiger partial charge in [-0.1, -0.05) is 0 Å². The number of hydrogen-bond donors (Lipinski definition) is 1. The smallest absolute Gasteiger partial charge is 0.179 e. The molecule has 0 aliphatic carbocycles. The Morgan fingerprint density at radius 2 is 1.75 bits per heavy atom. The van der Waals surface area contributed by atoms with Crippen LogP contribution in [0.3, 0.4) is 0 Å². The summed E-state index contributed by atoms with van der Waals surface area (Å²) in [5.74, 6) is 0. The zero-order chi connectivity index (χ0) is 6.78. The van der Waals surface area contributed by atoms with E-state index in [4.69, 9.17) is 0 Å². The van der Waals surface area contributed by atoms with Crippen molar-refractivity contribution in [1.29, 1.82) is 0 Å². The van der Waals surface area contributed by atoms with Crippen molar-refractivity contribution in [1.82, 2.24) is 0 Å². The molecular formula is C6H14NO+. The topological polar surface area (TPSA) is 21.5 Å². The monoisotopic (exact) mass is 116 g/mol. The number of nitrogens with one attached hydrogen (secondary N) is 1. The molecule has 0 aromatic carbocycles. The Labute approximate surface area is 50.5 Å². The summed E-state index contributed by atoms with van der Waals surface area (Å²) >= 11 is 0. The van der Waals surface area contributed by atoms with E-state index in [1.54, 1.807) is 0 Å². The minimum atomic E-state index is -0.222. The maximum atomic E-state index is 10.2. The van der Waals surface area contributed by atoms with E-state index in [1.165, 1.54) is 0 Å². The molecule has 0 aromatic heterocycles. The molecule has 48 valence electrons. The first kappa shape index (κ1) is 7.63. The molecule has 0 aliphatic rings. The van der Waals surface area contributed by atoms with Crippen LogP contribution in [0.1, 0.15) is 13.8 Å². The normalized spacial score (nSPS) is 12.1. The van der Waals surface area contributed by atoms with Crippen molar-refractivity contribution in [2.24, 2.45) is 0 Å². The predicted molar refractivity (Wildman–Crippen MR) is 33.0 cm³/mol. The highest BCUT2D eigenvalue weighted by molar-refractivity contribution is 5.59. The first-order valence-electron chi connectivity index (χ1n) is 2.77. The highest BCUT2D eigenvalue weighted by Gasteiger charge is 2.22. The van der Waals surface area contributed by atoms with Crippen LogP contribution in [-0.2, 0) is 4.79 Å². The average molecular weight is 116 g/mol. The Kier molecular flexibility index (Phi) is 2.16. The summed E-state index contributed by atoms with van der Waals surface area (Å²) in [5.41, 5.74) is -0.222.